The number of benzene rings is 1. The Bertz CT molecular complexity index is 605. The average molecular weight is 405 g/mol. The molecule has 0 spiro atoms. The average Bonchev–Trinajstić information content (AvgIpc) is 2.70. The fourth-order valence-electron chi connectivity index (χ4n) is 3.96. The van der Waals surface area contributed by atoms with Gasteiger partial charge in [-0.3, -0.25) is 9.69 Å². The molecule has 1 amide bonds. The number of carbonyl (C=O) groups is 1. The molecule has 1 fully saturated rings. The first-order valence-electron chi connectivity index (χ1n) is 11.4. The molecule has 29 heavy (non-hydrogen) atoms. The van der Waals surface area contributed by atoms with Gasteiger partial charge < -0.3 is 14.8 Å². The molecular formula is C24H40N2O3. The van der Waals surface area contributed by atoms with Crippen LogP contribution in [0.2, 0.25) is 0 Å². The molecule has 1 aromatic carbocycles. The van der Waals surface area contributed by atoms with E-state index in [0.29, 0.717) is 13.2 Å². The zero-order valence-corrected chi connectivity index (χ0v) is 18.8. The van der Waals surface area contributed by atoms with Crippen molar-refractivity contribution in [1.29, 1.82) is 0 Å². The maximum Gasteiger partial charge on any atom is 0.256 e. The summed E-state index contributed by atoms with van der Waals surface area (Å²) in [7, 11) is 0. The van der Waals surface area contributed by atoms with E-state index in [-0.39, 0.29) is 5.91 Å². The fourth-order valence-corrected chi connectivity index (χ4v) is 3.96. The Morgan fingerprint density at radius 2 is 2.00 bits per heavy atom. The Labute approximate surface area is 177 Å². The fraction of sp³-hybridized carbons (Fsp3) is 0.708. The van der Waals surface area contributed by atoms with Crippen LogP contribution in [0, 0.1) is 5.92 Å². The first-order chi connectivity index (χ1) is 14.0. The number of piperidine rings is 1. The van der Waals surface area contributed by atoms with Gasteiger partial charge in [0.25, 0.3) is 5.91 Å². The maximum atomic E-state index is 12.8. The van der Waals surface area contributed by atoms with Gasteiger partial charge in [0.1, 0.15) is 18.0 Å². The molecule has 1 aliphatic heterocycles. The predicted octanol–water partition coefficient (Wildman–Crippen LogP) is 5.11. The Balaban J connectivity index is 1.81. The lowest BCUT2D eigenvalue weighted by molar-refractivity contribution is -0.139. The van der Waals surface area contributed by atoms with E-state index in [0.717, 1.165) is 49.6 Å². The van der Waals surface area contributed by atoms with E-state index in [1.54, 1.807) is 0 Å². The molecule has 1 aliphatic rings. The summed E-state index contributed by atoms with van der Waals surface area (Å²) in [6, 6.07) is 7.64. The van der Waals surface area contributed by atoms with Crippen LogP contribution < -0.4 is 10.1 Å². The highest BCUT2D eigenvalue weighted by Crippen LogP contribution is 2.23. The van der Waals surface area contributed by atoms with E-state index in [1.165, 1.54) is 25.9 Å². The third kappa shape index (κ3) is 7.98. The van der Waals surface area contributed by atoms with Crippen LogP contribution in [0.3, 0.4) is 0 Å². The topological polar surface area (TPSA) is 50.8 Å². The lowest BCUT2D eigenvalue weighted by Gasteiger charge is -2.30. The third-order valence-corrected chi connectivity index (χ3v) is 5.73. The van der Waals surface area contributed by atoms with E-state index in [4.69, 9.17) is 9.47 Å². The molecule has 0 saturated carbocycles. The molecule has 0 unspecified atom stereocenters. The van der Waals surface area contributed by atoms with Crippen molar-refractivity contribution in [1.82, 2.24) is 4.90 Å². The first-order valence-corrected chi connectivity index (χ1v) is 11.4. The van der Waals surface area contributed by atoms with E-state index in [2.05, 4.69) is 24.1 Å². The molecule has 0 aliphatic carbocycles. The Kier molecular flexibility index (Phi) is 9.95. The quantitative estimate of drug-likeness (QED) is 0.492. The third-order valence-electron chi connectivity index (χ3n) is 5.73. The molecule has 1 N–H and O–H groups in total. The van der Waals surface area contributed by atoms with Crippen molar-refractivity contribution >= 4 is 11.6 Å². The zero-order valence-electron chi connectivity index (χ0n) is 18.8. The first kappa shape index (κ1) is 23.7. The van der Waals surface area contributed by atoms with Crippen LogP contribution >= 0.6 is 0 Å². The van der Waals surface area contributed by atoms with Crippen LogP contribution in [0.4, 0.5) is 5.69 Å². The van der Waals surface area contributed by atoms with E-state index in [9.17, 15) is 4.79 Å². The maximum absolute atomic E-state index is 12.8. The lowest BCUT2D eigenvalue weighted by Crippen LogP contribution is -2.42. The molecule has 2 rings (SSSR count). The van der Waals surface area contributed by atoms with Gasteiger partial charge >= 0.3 is 0 Å². The van der Waals surface area contributed by atoms with Crippen LogP contribution in [0.5, 0.6) is 5.75 Å². The van der Waals surface area contributed by atoms with Gasteiger partial charge in [-0.2, -0.15) is 0 Å². The Morgan fingerprint density at radius 1 is 1.24 bits per heavy atom. The highest BCUT2D eigenvalue weighted by Gasteiger charge is 2.33. The van der Waals surface area contributed by atoms with Gasteiger partial charge in [-0.15, -0.1) is 0 Å². The Morgan fingerprint density at radius 3 is 2.66 bits per heavy atom. The lowest BCUT2D eigenvalue weighted by atomic mass is 9.96. The standard InChI is InChI=1S/C24H40N2O3/c1-5-7-8-15-24(4,29-6-2)23(27)25-21-11-13-22(14-12-21)28-18-17-26-16-9-10-20(3)19-26/h11-14,20H,5-10,15-19H2,1-4H3,(H,25,27)/t20-,24-/m0/s1. The summed E-state index contributed by atoms with van der Waals surface area (Å²) in [6.45, 7) is 12.8. The van der Waals surface area contributed by atoms with E-state index in [1.807, 2.05) is 38.1 Å². The van der Waals surface area contributed by atoms with Crippen molar-refractivity contribution in [2.45, 2.75) is 71.8 Å². The monoisotopic (exact) mass is 404 g/mol. The number of ether oxygens (including phenoxy) is 2. The van der Waals surface area contributed by atoms with Crippen molar-refractivity contribution in [3.63, 3.8) is 0 Å². The van der Waals surface area contributed by atoms with Gasteiger partial charge in [0, 0.05) is 25.4 Å². The molecule has 5 nitrogen and oxygen atoms in total. The van der Waals surface area contributed by atoms with Gasteiger partial charge in [0.15, 0.2) is 0 Å². The van der Waals surface area contributed by atoms with Gasteiger partial charge in [-0.1, -0.05) is 33.1 Å². The molecular weight excluding hydrogens is 364 g/mol. The summed E-state index contributed by atoms with van der Waals surface area (Å²) in [5.74, 6) is 1.54. The number of likely N-dealkylation sites (tertiary alicyclic amines) is 1. The second-order valence-corrected chi connectivity index (χ2v) is 8.50. The number of rotatable bonds is 12. The molecule has 1 aromatic rings. The van der Waals surface area contributed by atoms with Gasteiger partial charge in [0.2, 0.25) is 0 Å². The van der Waals surface area contributed by atoms with E-state index >= 15 is 0 Å². The Hall–Kier alpha value is -1.59. The largest absolute Gasteiger partial charge is 0.492 e. The van der Waals surface area contributed by atoms with Crippen molar-refractivity contribution in [3.8, 4) is 5.75 Å². The number of amides is 1. The van der Waals surface area contributed by atoms with Gasteiger partial charge in [-0.05, 0) is 69.8 Å². The van der Waals surface area contributed by atoms with Crippen molar-refractivity contribution in [2.24, 2.45) is 5.92 Å². The minimum atomic E-state index is -0.787. The highest BCUT2D eigenvalue weighted by molar-refractivity contribution is 5.97. The molecule has 0 radical (unpaired) electrons. The van der Waals surface area contributed by atoms with Gasteiger partial charge in [0.05, 0.1) is 0 Å². The van der Waals surface area contributed by atoms with E-state index < -0.39 is 5.60 Å². The number of unbranched alkanes of at least 4 members (excludes halogenated alkanes) is 2. The van der Waals surface area contributed by atoms with Crippen LogP contribution in [-0.4, -0.2) is 49.3 Å². The molecule has 0 bridgehead atoms. The molecule has 2 atom stereocenters. The summed E-state index contributed by atoms with van der Waals surface area (Å²) in [4.78, 5) is 15.3. The zero-order chi connectivity index (χ0) is 21.1. The number of hydrogen-bond acceptors (Lipinski definition) is 4. The van der Waals surface area contributed by atoms with Crippen LogP contribution in [-0.2, 0) is 9.53 Å². The molecule has 164 valence electrons. The number of anilines is 1. The summed E-state index contributed by atoms with van der Waals surface area (Å²) in [6.07, 6.45) is 6.58. The molecule has 1 saturated heterocycles. The number of hydrogen-bond donors (Lipinski definition) is 1. The predicted molar refractivity (Wildman–Crippen MR) is 120 cm³/mol. The van der Waals surface area contributed by atoms with Crippen LogP contribution in [0.15, 0.2) is 24.3 Å². The van der Waals surface area contributed by atoms with Crippen LogP contribution in [0.1, 0.15) is 66.2 Å². The minimum Gasteiger partial charge on any atom is -0.492 e. The van der Waals surface area contributed by atoms with Crippen molar-refractivity contribution < 1.29 is 14.3 Å². The summed E-state index contributed by atoms with van der Waals surface area (Å²) >= 11 is 0. The minimum absolute atomic E-state index is 0.0802. The number of nitrogens with one attached hydrogen (secondary N) is 1. The SMILES string of the molecule is CCCCC[C@](C)(OCC)C(=O)Nc1ccc(OCCN2CCC[C@H](C)C2)cc1. The molecule has 1 heterocycles. The van der Waals surface area contributed by atoms with Crippen LogP contribution in [0.25, 0.3) is 0 Å². The second kappa shape index (κ2) is 12.2. The summed E-state index contributed by atoms with van der Waals surface area (Å²) in [5, 5.41) is 3.01. The number of carbonyl (C=O) groups excluding carboxylic acids is 1. The molecule has 0 aromatic heterocycles. The van der Waals surface area contributed by atoms with Crippen molar-refractivity contribution in [2.75, 3.05) is 38.2 Å². The summed E-state index contributed by atoms with van der Waals surface area (Å²) in [5.41, 5.74) is -0.0152. The number of nitrogens with zero attached hydrogens (tertiary/aromatic N) is 1. The summed E-state index contributed by atoms with van der Waals surface area (Å²) < 4.78 is 11.7. The molecule has 5 heteroatoms. The van der Waals surface area contributed by atoms with Crippen molar-refractivity contribution in [3.05, 3.63) is 24.3 Å². The normalized spacial score (nSPS) is 19.5. The van der Waals surface area contributed by atoms with Gasteiger partial charge in [-0.25, -0.2) is 0 Å². The smallest absolute Gasteiger partial charge is 0.256 e. The highest BCUT2D eigenvalue weighted by atomic mass is 16.5. The second-order valence-electron chi connectivity index (χ2n) is 8.50.